The summed E-state index contributed by atoms with van der Waals surface area (Å²) in [7, 11) is -3.26. The van der Waals surface area contributed by atoms with Crippen LogP contribution in [0.15, 0.2) is 30.3 Å². The summed E-state index contributed by atoms with van der Waals surface area (Å²) in [5, 5.41) is 8.99. The van der Waals surface area contributed by atoms with Crippen molar-refractivity contribution in [2.45, 2.75) is 25.8 Å². The van der Waals surface area contributed by atoms with Crippen LogP contribution < -0.4 is 4.72 Å². The molecule has 0 aliphatic carbocycles. The van der Waals surface area contributed by atoms with E-state index >= 15 is 0 Å². The lowest BCUT2D eigenvalue weighted by atomic mass is 10.1. The average molecular weight is 257 g/mol. The van der Waals surface area contributed by atoms with E-state index in [-0.39, 0.29) is 18.4 Å². The van der Waals surface area contributed by atoms with Gasteiger partial charge in [-0.15, -0.1) is 0 Å². The maximum atomic E-state index is 11.7. The molecule has 1 atom stereocenters. The van der Waals surface area contributed by atoms with Crippen LogP contribution in [-0.2, 0) is 10.0 Å². The Morgan fingerprint density at radius 1 is 1.29 bits per heavy atom. The predicted octanol–water partition coefficient (Wildman–Crippen LogP) is 1.44. The Hall–Kier alpha value is -0.910. The van der Waals surface area contributed by atoms with E-state index in [1.54, 1.807) is 0 Å². The minimum Gasteiger partial charge on any atom is -0.396 e. The molecule has 5 heteroatoms. The quantitative estimate of drug-likeness (QED) is 0.776. The molecule has 1 aromatic carbocycles. The van der Waals surface area contributed by atoms with E-state index in [9.17, 15) is 8.42 Å². The van der Waals surface area contributed by atoms with E-state index < -0.39 is 10.0 Å². The number of rotatable bonds is 7. The molecule has 0 spiro atoms. The third-order valence-electron chi connectivity index (χ3n) is 2.41. The van der Waals surface area contributed by atoms with Crippen LogP contribution >= 0.6 is 0 Å². The summed E-state index contributed by atoms with van der Waals surface area (Å²) in [6, 6.07) is 8.95. The zero-order valence-corrected chi connectivity index (χ0v) is 10.8. The van der Waals surface area contributed by atoms with Crippen molar-refractivity contribution < 1.29 is 13.5 Å². The predicted molar refractivity (Wildman–Crippen MR) is 68.1 cm³/mol. The normalized spacial score (nSPS) is 13.5. The van der Waals surface area contributed by atoms with Gasteiger partial charge in [-0.1, -0.05) is 37.3 Å². The van der Waals surface area contributed by atoms with Gasteiger partial charge in [-0.3, -0.25) is 0 Å². The molecule has 2 N–H and O–H groups in total. The van der Waals surface area contributed by atoms with Crippen molar-refractivity contribution in [3.8, 4) is 0 Å². The Balaban J connectivity index is 2.81. The summed E-state index contributed by atoms with van der Waals surface area (Å²) < 4.78 is 26.0. The fourth-order valence-corrected chi connectivity index (χ4v) is 3.00. The van der Waals surface area contributed by atoms with Gasteiger partial charge in [0.15, 0.2) is 0 Å². The minimum atomic E-state index is -3.26. The summed E-state index contributed by atoms with van der Waals surface area (Å²) in [5.41, 5.74) is 0.876. The molecule has 0 fully saturated rings. The first-order valence-corrected chi connectivity index (χ1v) is 7.40. The average Bonchev–Trinajstić information content (AvgIpc) is 2.29. The van der Waals surface area contributed by atoms with Gasteiger partial charge in [0.2, 0.25) is 10.0 Å². The zero-order chi connectivity index (χ0) is 12.7. The van der Waals surface area contributed by atoms with E-state index in [2.05, 4.69) is 4.72 Å². The van der Waals surface area contributed by atoms with Gasteiger partial charge in [0, 0.05) is 12.6 Å². The third kappa shape index (κ3) is 4.85. The molecule has 1 aromatic rings. The number of hydrogen-bond donors (Lipinski definition) is 2. The Labute approximate surface area is 103 Å². The number of benzene rings is 1. The van der Waals surface area contributed by atoms with Gasteiger partial charge in [-0.2, -0.15) is 0 Å². The third-order valence-corrected chi connectivity index (χ3v) is 4.00. The largest absolute Gasteiger partial charge is 0.396 e. The Morgan fingerprint density at radius 3 is 2.47 bits per heavy atom. The van der Waals surface area contributed by atoms with Gasteiger partial charge in [0.25, 0.3) is 0 Å². The summed E-state index contributed by atoms with van der Waals surface area (Å²) in [6.45, 7) is 1.77. The van der Waals surface area contributed by atoms with E-state index in [0.29, 0.717) is 12.8 Å². The van der Waals surface area contributed by atoms with Crippen molar-refractivity contribution in [2.24, 2.45) is 0 Å². The second-order valence-electron chi connectivity index (χ2n) is 3.91. The van der Waals surface area contributed by atoms with Crippen LogP contribution in [0.2, 0.25) is 0 Å². The van der Waals surface area contributed by atoms with Gasteiger partial charge >= 0.3 is 0 Å². The van der Waals surface area contributed by atoms with Crippen molar-refractivity contribution in [2.75, 3.05) is 12.4 Å². The lowest BCUT2D eigenvalue weighted by molar-refractivity contribution is 0.272. The molecule has 0 saturated carbocycles. The van der Waals surface area contributed by atoms with Crippen molar-refractivity contribution in [3.05, 3.63) is 35.9 Å². The molecule has 4 nitrogen and oxygen atoms in total. The molecule has 17 heavy (non-hydrogen) atoms. The first-order valence-electron chi connectivity index (χ1n) is 5.75. The van der Waals surface area contributed by atoms with Crippen LogP contribution in [-0.4, -0.2) is 25.9 Å². The summed E-state index contributed by atoms with van der Waals surface area (Å²) in [4.78, 5) is 0. The van der Waals surface area contributed by atoms with Gasteiger partial charge in [0.1, 0.15) is 0 Å². The summed E-state index contributed by atoms with van der Waals surface area (Å²) in [6.07, 6.45) is 0.961. The SMILES string of the molecule is CCCS(=O)(=O)N[C@H](CCO)c1ccccc1. The van der Waals surface area contributed by atoms with Gasteiger partial charge < -0.3 is 5.11 Å². The Kier molecular flexibility index (Phi) is 5.61. The number of hydrogen-bond acceptors (Lipinski definition) is 3. The van der Waals surface area contributed by atoms with Crippen molar-refractivity contribution in [1.82, 2.24) is 4.72 Å². The fourth-order valence-electron chi connectivity index (χ4n) is 1.65. The highest BCUT2D eigenvalue weighted by Crippen LogP contribution is 2.17. The lowest BCUT2D eigenvalue weighted by Crippen LogP contribution is -2.31. The standard InChI is InChI=1S/C12H19NO3S/c1-2-10-17(15,16)13-12(8-9-14)11-6-4-3-5-7-11/h3-7,12-14H,2,8-10H2,1H3/t12-/m1/s1. The van der Waals surface area contributed by atoms with E-state index in [1.807, 2.05) is 37.3 Å². The summed E-state index contributed by atoms with van der Waals surface area (Å²) in [5.74, 6) is 0.113. The van der Waals surface area contributed by atoms with Crippen LogP contribution in [0, 0.1) is 0 Å². The van der Waals surface area contributed by atoms with Crippen molar-refractivity contribution in [1.29, 1.82) is 0 Å². The monoisotopic (exact) mass is 257 g/mol. The molecule has 0 amide bonds. The molecular weight excluding hydrogens is 238 g/mol. The zero-order valence-electron chi connectivity index (χ0n) is 9.96. The second kappa shape index (κ2) is 6.74. The van der Waals surface area contributed by atoms with Gasteiger partial charge in [-0.05, 0) is 18.4 Å². The Morgan fingerprint density at radius 2 is 1.94 bits per heavy atom. The minimum absolute atomic E-state index is 0.0474. The number of sulfonamides is 1. The van der Waals surface area contributed by atoms with Gasteiger partial charge in [0.05, 0.1) is 5.75 Å². The molecule has 0 radical (unpaired) electrons. The fraction of sp³-hybridized carbons (Fsp3) is 0.500. The van der Waals surface area contributed by atoms with E-state index in [1.165, 1.54) is 0 Å². The number of aliphatic hydroxyl groups excluding tert-OH is 1. The highest BCUT2D eigenvalue weighted by Gasteiger charge is 2.17. The molecule has 0 bridgehead atoms. The molecule has 0 unspecified atom stereocenters. The molecule has 0 saturated heterocycles. The molecule has 0 aliphatic rings. The Bertz CT molecular complexity index is 417. The topological polar surface area (TPSA) is 66.4 Å². The molecular formula is C12H19NO3S. The highest BCUT2D eigenvalue weighted by atomic mass is 32.2. The van der Waals surface area contributed by atoms with E-state index in [4.69, 9.17) is 5.11 Å². The van der Waals surface area contributed by atoms with Crippen LogP contribution in [0.5, 0.6) is 0 Å². The maximum absolute atomic E-state index is 11.7. The second-order valence-corrected chi connectivity index (χ2v) is 5.79. The van der Waals surface area contributed by atoms with Crippen LogP contribution in [0.3, 0.4) is 0 Å². The molecule has 0 heterocycles. The van der Waals surface area contributed by atoms with Gasteiger partial charge in [-0.25, -0.2) is 13.1 Å². The van der Waals surface area contributed by atoms with E-state index in [0.717, 1.165) is 5.56 Å². The van der Waals surface area contributed by atoms with Crippen LogP contribution in [0.1, 0.15) is 31.4 Å². The number of aliphatic hydroxyl groups is 1. The van der Waals surface area contributed by atoms with Crippen LogP contribution in [0.25, 0.3) is 0 Å². The van der Waals surface area contributed by atoms with Crippen molar-refractivity contribution >= 4 is 10.0 Å². The lowest BCUT2D eigenvalue weighted by Gasteiger charge is -2.18. The molecule has 0 aliphatic heterocycles. The molecule has 0 aromatic heterocycles. The number of nitrogens with one attached hydrogen (secondary N) is 1. The molecule has 1 rings (SSSR count). The first-order chi connectivity index (χ1) is 8.09. The van der Waals surface area contributed by atoms with Crippen molar-refractivity contribution in [3.63, 3.8) is 0 Å². The smallest absolute Gasteiger partial charge is 0.212 e. The van der Waals surface area contributed by atoms with Crippen LogP contribution in [0.4, 0.5) is 0 Å². The molecule has 96 valence electrons. The highest BCUT2D eigenvalue weighted by molar-refractivity contribution is 7.89. The summed E-state index contributed by atoms with van der Waals surface area (Å²) >= 11 is 0. The first kappa shape index (κ1) is 14.2. The maximum Gasteiger partial charge on any atom is 0.212 e.